The topological polar surface area (TPSA) is 58.6 Å². The van der Waals surface area contributed by atoms with Gasteiger partial charge < -0.3 is 14.5 Å². The monoisotopic (exact) mass is 302 g/mol. The number of hydrogen-bond acceptors (Lipinski definition) is 5. The summed E-state index contributed by atoms with van der Waals surface area (Å²) in [6.45, 7) is 3.88. The number of ether oxygens (including phenoxy) is 1. The Bertz CT molecular complexity index is 555. The van der Waals surface area contributed by atoms with Gasteiger partial charge in [-0.05, 0) is 31.7 Å². The standard InChI is InChI=1S/C16H22N4O2/c21-16(12-3-4-12)20-9-10-22-11-13(20)15-17-6-5-14(18-15)19-7-1-2-8-19/h5-6,12-13H,1-4,7-11H2/t13-/m1/s1. The molecule has 1 atom stereocenters. The van der Waals surface area contributed by atoms with Crippen LogP contribution < -0.4 is 4.90 Å². The molecule has 1 saturated carbocycles. The van der Waals surface area contributed by atoms with E-state index in [2.05, 4.69) is 9.88 Å². The fourth-order valence-electron chi connectivity index (χ4n) is 3.29. The number of rotatable bonds is 3. The van der Waals surface area contributed by atoms with Crippen molar-refractivity contribution in [3.8, 4) is 0 Å². The van der Waals surface area contributed by atoms with Crippen molar-refractivity contribution in [1.29, 1.82) is 0 Å². The molecule has 1 aromatic heterocycles. The minimum absolute atomic E-state index is 0.135. The number of amides is 1. The SMILES string of the molecule is O=C(C1CC1)N1CCOC[C@@H]1c1nccc(N2CCCC2)n1. The molecule has 1 aromatic rings. The Kier molecular flexibility index (Phi) is 3.70. The molecule has 0 N–H and O–H groups in total. The van der Waals surface area contributed by atoms with Crippen LogP contribution >= 0.6 is 0 Å². The van der Waals surface area contributed by atoms with Gasteiger partial charge in [-0.1, -0.05) is 0 Å². The van der Waals surface area contributed by atoms with Crippen LogP contribution in [0.1, 0.15) is 37.5 Å². The van der Waals surface area contributed by atoms with Gasteiger partial charge in [0.05, 0.1) is 13.2 Å². The maximum absolute atomic E-state index is 12.5. The highest BCUT2D eigenvalue weighted by molar-refractivity contribution is 5.81. The first-order valence-corrected chi connectivity index (χ1v) is 8.29. The Morgan fingerprint density at radius 2 is 2.05 bits per heavy atom. The largest absolute Gasteiger partial charge is 0.377 e. The third-order valence-electron chi connectivity index (χ3n) is 4.73. The second kappa shape index (κ2) is 5.83. The zero-order valence-electron chi connectivity index (χ0n) is 12.8. The highest BCUT2D eigenvalue weighted by Crippen LogP contribution is 2.34. The van der Waals surface area contributed by atoms with Gasteiger partial charge in [-0.25, -0.2) is 9.97 Å². The molecule has 1 amide bonds. The van der Waals surface area contributed by atoms with Crippen molar-refractivity contribution >= 4 is 11.7 Å². The second-order valence-electron chi connectivity index (χ2n) is 6.36. The fourth-order valence-corrected chi connectivity index (χ4v) is 3.29. The number of carbonyl (C=O) groups is 1. The lowest BCUT2D eigenvalue weighted by molar-refractivity contribution is -0.141. The zero-order chi connectivity index (χ0) is 14.9. The molecule has 2 saturated heterocycles. The highest BCUT2D eigenvalue weighted by Gasteiger charge is 2.39. The molecule has 6 nitrogen and oxygen atoms in total. The van der Waals surface area contributed by atoms with Gasteiger partial charge in [0.1, 0.15) is 11.9 Å². The molecule has 118 valence electrons. The molecule has 0 bridgehead atoms. The molecule has 3 aliphatic rings. The van der Waals surface area contributed by atoms with E-state index in [1.54, 1.807) is 0 Å². The summed E-state index contributed by atoms with van der Waals surface area (Å²) in [7, 11) is 0. The Morgan fingerprint density at radius 3 is 2.82 bits per heavy atom. The summed E-state index contributed by atoms with van der Waals surface area (Å²) in [6, 6.07) is 1.83. The average Bonchev–Trinajstić information content (AvgIpc) is 3.28. The minimum atomic E-state index is -0.135. The first-order valence-electron chi connectivity index (χ1n) is 8.29. The Hall–Kier alpha value is -1.69. The van der Waals surface area contributed by atoms with Crippen LogP contribution in [0.25, 0.3) is 0 Å². The van der Waals surface area contributed by atoms with Gasteiger partial charge in [0, 0.05) is 31.7 Å². The van der Waals surface area contributed by atoms with E-state index in [0.29, 0.717) is 19.8 Å². The van der Waals surface area contributed by atoms with E-state index in [1.165, 1.54) is 12.8 Å². The number of anilines is 1. The predicted molar refractivity (Wildman–Crippen MR) is 81.5 cm³/mol. The van der Waals surface area contributed by atoms with E-state index >= 15 is 0 Å². The maximum atomic E-state index is 12.5. The van der Waals surface area contributed by atoms with Gasteiger partial charge in [0.2, 0.25) is 5.91 Å². The lowest BCUT2D eigenvalue weighted by Gasteiger charge is -2.35. The van der Waals surface area contributed by atoms with Crippen LogP contribution in [0.15, 0.2) is 12.3 Å². The summed E-state index contributed by atoms with van der Waals surface area (Å²) in [5, 5.41) is 0. The number of morpholine rings is 1. The van der Waals surface area contributed by atoms with Crippen LogP contribution in [0.5, 0.6) is 0 Å². The maximum Gasteiger partial charge on any atom is 0.226 e. The molecule has 0 unspecified atom stereocenters. The van der Waals surface area contributed by atoms with E-state index in [0.717, 1.165) is 37.6 Å². The first-order chi connectivity index (χ1) is 10.8. The summed E-state index contributed by atoms with van der Waals surface area (Å²) >= 11 is 0. The minimum Gasteiger partial charge on any atom is -0.377 e. The van der Waals surface area contributed by atoms with Crippen molar-refractivity contribution in [3.63, 3.8) is 0 Å². The molecule has 2 aliphatic heterocycles. The summed E-state index contributed by atoms with van der Waals surface area (Å²) in [4.78, 5) is 25.9. The van der Waals surface area contributed by atoms with Crippen molar-refractivity contribution in [2.24, 2.45) is 5.92 Å². The highest BCUT2D eigenvalue weighted by atomic mass is 16.5. The first kappa shape index (κ1) is 13.9. The lowest BCUT2D eigenvalue weighted by atomic mass is 10.2. The number of hydrogen-bond donors (Lipinski definition) is 0. The number of carbonyl (C=O) groups excluding carboxylic acids is 1. The second-order valence-corrected chi connectivity index (χ2v) is 6.36. The molecule has 22 heavy (non-hydrogen) atoms. The van der Waals surface area contributed by atoms with Gasteiger partial charge in [-0.3, -0.25) is 4.79 Å². The molecule has 3 heterocycles. The summed E-state index contributed by atoms with van der Waals surface area (Å²) in [5.74, 6) is 2.18. The Morgan fingerprint density at radius 1 is 1.23 bits per heavy atom. The van der Waals surface area contributed by atoms with Gasteiger partial charge in [0.25, 0.3) is 0 Å². The van der Waals surface area contributed by atoms with E-state index in [4.69, 9.17) is 9.72 Å². The van der Waals surface area contributed by atoms with E-state index in [1.807, 2.05) is 17.2 Å². The van der Waals surface area contributed by atoms with Crippen molar-refractivity contribution in [3.05, 3.63) is 18.1 Å². The molecule has 3 fully saturated rings. The molecule has 4 rings (SSSR count). The normalized spacial score (nSPS) is 25.5. The Labute approximate surface area is 130 Å². The smallest absolute Gasteiger partial charge is 0.226 e. The van der Waals surface area contributed by atoms with Crippen LogP contribution in [0.3, 0.4) is 0 Å². The molecule has 0 aromatic carbocycles. The van der Waals surface area contributed by atoms with E-state index < -0.39 is 0 Å². The van der Waals surface area contributed by atoms with Gasteiger partial charge in [-0.2, -0.15) is 0 Å². The van der Waals surface area contributed by atoms with E-state index in [-0.39, 0.29) is 17.9 Å². The fraction of sp³-hybridized carbons (Fsp3) is 0.688. The van der Waals surface area contributed by atoms with Crippen molar-refractivity contribution in [1.82, 2.24) is 14.9 Å². The van der Waals surface area contributed by atoms with Crippen LogP contribution in [-0.2, 0) is 9.53 Å². The third kappa shape index (κ3) is 2.67. The van der Waals surface area contributed by atoms with Crippen LogP contribution in [0, 0.1) is 5.92 Å². The number of aromatic nitrogens is 2. The molecule has 0 radical (unpaired) electrons. The molecule has 6 heteroatoms. The molecule has 1 aliphatic carbocycles. The predicted octanol–water partition coefficient (Wildman–Crippen LogP) is 1.39. The zero-order valence-corrected chi connectivity index (χ0v) is 12.8. The Balaban J connectivity index is 1.58. The van der Waals surface area contributed by atoms with Crippen LogP contribution in [0.2, 0.25) is 0 Å². The molecule has 0 spiro atoms. The molecular weight excluding hydrogens is 280 g/mol. The lowest BCUT2D eigenvalue weighted by Crippen LogP contribution is -2.44. The van der Waals surface area contributed by atoms with Gasteiger partial charge >= 0.3 is 0 Å². The average molecular weight is 302 g/mol. The quantitative estimate of drug-likeness (QED) is 0.844. The summed E-state index contributed by atoms with van der Waals surface area (Å²) in [6.07, 6.45) is 6.30. The van der Waals surface area contributed by atoms with E-state index in [9.17, 15) is 4.79 Å². The number of nitrogens with zero attached hydrogens (tertiary/aromatic N) is 4. The van der Waals surface area contributed by atoms with Crippen LogP contribution in [-0.4, -0.2) is 53.6 Å². The van der Waals surface area contributed by atoms with Gasteiger partial charge in [0.15, 0.2) is 5.82 Å². The van der Waals surface area contributed by atoms with Crippen molar-refractivity contribution < 1.29 is 9.53 Å². The summed E-state index contributed by atoms with van der Waals surface area (Å²) in [5.41, 5.74) is 0. The van der Waals surface area contributed by atoms with Gasteiger partial charge in [-0.15, -0.1) is 0 Å². The van der Waals surface area contributed by atoms with Crippen molar-refractivity contribution in [2.45, 2.75) is 31.7 Å². The third-order valence-corrected chi connectivity index (χ3v) is 4.73. The van der Waals surface area contributed by atoms with Crippen molar-refractivity contribution in [2.75, 3.05) is 37.7 Å². The molecular formula is C16H22N4O2. The van der Waals surface area contributed by atoms with Crippen LogP contribution in [0.4, 0.5) is 5.82 Å². The summed E-state index contributed by atoms with van der Waals surface area (Å²) < 4.78 is 5.59.